The van der Waals surface area contributed by atoms with Gasteiger partial charge in [-0.25, -0.2) is 0 Å². The maximum Gasteiger partial charge on any atom is 0.286 e. The molecule has 0 fully saturated rings. The van der Waals surface area contributed by atoms with E-state index in [1.807, 2.05) is 30.6 Å². The van der Waals surface area contributed by atoms with E-state index >= 15 is 0 Å². The lowest BCUT2D eigenvalue weighted by Crippen LogP contribution is -3.00. The van der Waals surface area contributed by atoms with E-state index in [2.05, 4.69) is 12.2 Å². The molecule has 2 atom stereocenters. The van der Waals surface area contributed by atoms with E-state index in [1.54, 1.807) is 4.57 Å². The Morgan fingerprint density at radius 2 is 1.32 bits per heavy atom. The first kappa shape index (κ1) is 30.0. The van der Waals surface area contributed by atoms with Gasteiger partial charge in [-0.3, -0.25) is 4.79 Å². The molecule has 1 amide bonds. The standard InChI is InChI=1S/C25H44N2O3.BrH/c1-2-3-4-5-6-7-8-9-10-11-12-13-15-18-24(29)23(22-28)26-25(30)21-27-19-16-14-17-20-27;/h14,16-17,19-20,23-24,28-29H,2-13,15,18,21-22H2,1H3;1H/t23-,24-;/m1./s1. The van der Waals surface area contributed by atoms with Crippen LogP contribution in [0.15, 0.2) is 30.6 Å². The molecule has 6 heteroatoms. The Morgan fingerprint density at radius 1 is 0.839 bits per heavy atom. The summed E-state index contributed by atoms with van der Waals surface area (Å²) in [7, 11) is 0. The maximum atomic E-state index is 12.1. The molecule has 1 rings (SSSR count). The monoisotopic (exact) mass is 500 g/mol. The lowest BCUT2D eigenvalue weighted by Gasteiger charge is -2.21. The third kappa shape index (κ3) is 16.3. The van der Waals surface area contributed by atoms with Gasteiger partial charge in [0.15, 0.2) is 12.4 Å². The number of amides is 1. The topological polar surface area (TPSA) is 73.4 Å². The molecule has 1 aromatic heterocycles. The highest BCUT2D eigenvalue weighted by molar-refractivity contribution is 5.74. The third-order valence-corrected chi connectivity index (χ3v) is 5.71. The summed E-state index contributed by atoms with van der Waals surface area (Å²) in [6.07, 6.45) is 20.3. The number of nitrogens with one attached hydrogen (secondary N) is 1. The highest BCUT2D eigenvalue weighted by Crippen LogP contribution is 2.14. The molecule has 31 heavy (non-hydrogen) atoms. The van der Waals surface area contributed by atoms with Crippen molar-refractivity contribution in [2.75, 3.05) is 6.61 Å². The van der Waals surface area contributed by atoms with Crippen LogP contribution in [0.1, 0.15) is 96.8 Å². The smallest absolute Gasteiger partial charge is 0.286 e. The van der Waals surface area contributed by atoms with E-state index < -0.39 is 12.1 Å². The Labute approximate surface area is 200 Å². The molecule has 1 aromatic rings. The van der Waals surface area contributed by atoms with Gasteiger partial charge in [0.25, 0.3) is 5.91 Å². The van der Waals surface area contributed by atoms with Gasteiger partial charge in [-0.1, -0.05) is 96.5 Å². The van der Waals surface area contributed by atoms with Crippen molar-refractivity contribution in [3.63, 3.8) is 0 Å². The summed E-state index contributed by atoms with van der Waals surface area (Å²) in [5.74, 6) is -0.199. The summed E-state index contributed by atoms with van der Waals surface area (Å²) in [6, 6.07) is 5.02. The van der Waals surface area contributed by atoms with Gasteiger partial charge in [0.05, 0.1) is 18.8 Å². The van der Waals surface area contributed by atoms with Crippen LogP contribution in [0.25, 0.3) is 0 Å². The first-order valence-electron chi connectivity index (χ1n) is 12.2. The molecule has 0 bridgehead atoms. The molecular weight excluding hydrogens is 456 g/mol. The van der Waals surface area contributed by atoms with Crippen molar-refractivity contribution in [1.82, 2.24) is 5.32 Å². The highest BCUT2D eigenvalue weighted by atomic mass is 79.9. The number of hydrogen-bond donors (Lipinski definition) is 3. The molecular formula is C25H45BrN2O3. The Hall–Kier alpha value is -0.980. The Balaban J connectivity index is 0.00000900. The SMILES string of the molecule is CCCCCCCCCCCCCCC[C@@H](O)[C@@H](CO)NC(=O)C[n+]1ccccc1.[Br-]. The number of nitrogens with zero attached hydrogens (tertiary/aromatic N) is 1. The van der Waals surface area contributed by atoms with Gasteiger partial charge in [-0.05, 0) is 6.42 Å². The van der Waals surface area contributed by atoms with Gasteiger partial charge < -0.3 is 32.5 Å². The van der Waals surface area contributed by atoms with Gasteiger partial charge in [-0.2, -0.15) is 4.57 Å². The Kier molecular flexibility index (Phi) is 20.2. The minimum Gasteiger partial charge on any atom is -1.00 e. The predicted octanol–water partition coefficient (Wildman–Crippen LogP) is 1.30. The normalized spacial score (nSPS) is 12.7. The summed E-state index contributed by atoms with van der Waals surface area (Å²) in [4.78, 5) is 12.1. The Bertz CT molecular complexity index is 531. The van der Waals surface area contributed by atoms with Crippen LogP contribution in [0.2, 0.25) is 0 Å². The van der Waals surface area contributed by atoms with E-state index in [0.29, 0.717) is 6.42 Å². The number of rotatable bonds is 19. The fourth-order valence-electron chi connectivity index (χ4n) is 3.79. The molecule has 1 heterocycles. The summed E-state index contributed by atoms with van der Waals surface area (Å²) >= 11 is 0. The van der Waals surface area contributed by atoms with Crippen molar-refractivity contribution in [2.45, 2.75) is 116 Å². The summed E-state index contributed by atoms with van der Waals surface area (Å²) in [6.45, 7) is 2.20. The van der Waals surface area contributed by atoms with Gasteiger partial charge in [0.1, 0.15) is 0 Å². The van der Waals surface area contributed by atoms with Crippen molar-refractivity contribution in [3.05, 3.63) is 30.6 Å². The van der Waals surface area contributed by atoms with Crippen LogP contribution < -0.4 is 26.9 Å². The van der Waals surface area contributed by atoms with E-state index in [1.165, 1.54) is 70.6 Å². The third-order valence-electron chi connectivity index (χ3n) is 5.71. The number of halogens is 1. The van der Waals surface area contributed by atoms with E-state index in [9.17, 15) is 15.0 Å². The first-order chi connectivity index (χ1) is 14.7. The largest absolute Gasteiger partial charge is 1.00 e. The molecule has 0 aliphatic rings. The average Bonchev–Trinajstić information content (AvgIpc) is 2.75. The second kappa shape index (κ2) is 20.9. The molecule has 0 aliphatic heterocycles. The van der Waals surface area contributed by atoms with Crippen molar-refractivity contribution < 1.29 is 36.6 Å². The van der Waals surface area contributed by atoms with Crippen molar-refractivity contribution >= 4 is 5.91 Å². The van der Waals surface area contributed by atoms with Crippen LogP contribution in [-0.2, 0) is 11.3 Å². The highest BCUT2D eigenvalue weighted by Gasteiger charge is 2.21. The number of aliphatic hydroxyl groups excluding tert-OH is 2. The van der Waals surface area contributed by atoms with Crippen LogP contribution in [0, 0.1) is 0 Å². The molecule has 5 nitrogen and oxygen atoms in total. The van der Waals surface area contributed by atoms with Crippen LogP contribution in [0.5, 0.6) is 0 Å². The first-order valence-corrected chi connectivity index (χ1v) is 12.2. The Morgan fingerprint density at radius 3 is 1.81 bits per heavy atom. The zero-order valence-electron chi connectivity index (χ0n) is 19.5. The van der Waals surface area contributed by atoms with Crippen molar-refractivity contribution in [1.29, 1.82) is 0 Å². The number of unbranched alkanes of at least 4 members (excludes halogenated alkanes) is 12. The summed E-state index contributed by atoms with van der Waals surface area (Å²) in [5, 5.41) is 22.6. The molecule has 3 N–H and O–H groups in total. The number of hydrogen-bond acceptors (Lipinski definition) is 3. The predicted molar refractivity (Wildman–Crippen MR) is 122 cm³/mol. The maximum absolute atomic E-state index is 12.1. The fourth-order valence-corrected chi connectivity index (χ4v) is 3.79. The second-order valence-corrected chi connectivity index (χ2v) is 8.50. The van der Waals surface area contributed by atoms with Crippen LogP contribution in [0.4, 0.5) is 0 Å². The van der Waals surface area contributed by atoms with Gasteiger partial charge in [0.2, 0.25) is 6.54 Å². The minimum absolute atomic E-state index is 0. The van der Waals surface area contributed by atoms with Gasteiger partial charge in [-0.15, -0.1) is 0 Å². The van der Waals surface area contributed by atoms with Crippen LogP contribution in [0.3, 0.4) is 0 Å². The van der Waals surface area contributed by atoms with Crippen LogP contribution in [-0.4, -0.2) is 34.9 Å². The molecule has 0 aliphatic carbocycles. The average molecular weight is 502 g/mol. The number of carbonyl (C=O) groups excluding carboxylic acids is 1. The molecule has 180 valence electrons. The quantitative estimate of drug-likeness (QED) is 0.198. The van der Waals surface area contributed by atoms with E-state index in [0.717, 1.165) is 12.8 Å². The van der Waals surface area contributed by atoms with E-state index in [-0.39, 0.29) is 36.0 Å². The molecule has 0 saturated heterocycles. The molecule has 0 radical (unpaired) electrons. The zero-order chi connectivity index (χ0) is 21.9. The minimum atomic E-state index is -0.701. The van der Waals surface area contributed by atoms with E-state index in [4.69, 9.17) is 0 Å². The lowest BCUT2D eigenvalue weighted by atomic mass is 10.0. The number of aliphatic hydroxyl groups is 2. The number of aromatic nitrogens is 1. The van der Waals surface area contributed by atoms with Crippen LogP contribution >= 0.6 is 0 Å². The molecule has 0 aromatic carbocycles. The van der Waals surface area contributed by atoms with Crippen molar-refractivity contribution in [3.8, 4) is 0 Å². The zero-order valence-corrected chi connectivity index (χ0v) is 21.1. The summed E-state index contributed by atoms with van der Waals surface area (Å²) in [5.41, 5.74) is 0. The second-order valence-electron chi connectivity index (χ2n) is 8.50. The molecule has 0 saturated carbocycles. The van der Waals surface area contributed by atoms with Gasteiger partial charge in [0, 0.05) is 12.1 Å². The van der Waals surface area contributed by atoms with Crippen molar-refractivity contribution in [2.24, 2.45) is 0 Å². The summed E-state index contributed by atoms with van der Waals surface area (Å²) < 4.78 is 1.77. The molecule has 0 spiro atoms. The lowest BCUT2D eigenvalue weighted by molar-refractivity contribution is -0.684. The van der Waals surface area contributed by atoms with Gasteiger partial charge >= 0.3 is 0 Å². The molecule has 0 unspecified atom stereocenters. The number of pyridine rings is 1. The fraction of sp³-hybridized carbons (Fsp3) is 0.760. The number of carbonyl (C=O) groups is 1.